The molecule has 81 heavy (non-hydrogen) atoms. The zero-order valence-corrected chi connectivity index (χ0v) is 42.7. The topological polar surface area (TPSA) is 29.5 Å². The molecule has 33 heteroatoms. The number of benzene rings is 8. The molecule has 0 fully saturated rings. The number of hydrogen-bond donors (Lipinski definition) is 0. The first-order valence-corrected chi connectivity index (χ1v) is 23.5. The predicted octanol–water partition coefficient (Wildman–Crippen LogP) is -22.2. The molecule has 3 nitrogen and oxygen atoms in total. The lowest BCUT2D eigenvalue weighted by atomic mass is 9.56. The summed E-state index contributed by atoms with van der Waals surface area (Å²) in [6, 6.07) is 1.37. The Morgan fingerprint density at radius 3 is 0.926 bits per heavy atom. The van der Waals surface area contributed by atoms with Crippen LogP contribution in [0.15, 0.2) is 14.9 Å². The van der Waals surface area contributed by atoms with E-state index in [1.54, 1.807) is 0 Å². The van der Waals surface area contributed by atoms with Crippen molar-refractivity contribution in [3.05, 3.63) is 6.07 Å². The summed E-state index contributed by atoms with van der Waals surface area (Å²) in [7, 11) is 201. The van der Waals surface area contributed by atoms with Gasteiger partial charge in [-0.1, -0.05) is 98.9 Å². The Hall–Kier alpha value is -4.89. The van der Waals surface area contributed by atoms with Crippen molar-refractivity contribution in [3.63, 3.8) is 0 Å². The average molecular weight is 948 g/mol. The largest absolute Gasteiger partial charge is 0.457 e. The molecule has 0 amide bonds. The molecule has 0 aliphatic heterocycles. The molecular formula is C48HB30NO2. The Bertz CT molecular complexity index is 4490. The van der Waals surface area contributed by atoms with E-state index in [9.17, 15) is 0 Å². The molecule has 60 radical (unpaired) electrons. The van der Waals surface area contributed by atoms with Crippen molar-refractivity contribution >= 4 is 460 Å². The molecule has 2 aromatic heterocycles. The second kappa shape index (κ2) is 20.4. The third-order valence-electron chi connectivity index (χ3n) is 15.1. The van der Waals surface area contributed by atoms with Gasteiger partial charge in [0.15, 0.2) is 0 Å². The monoisotopic (exact) mass is 953 g/mol. The molecule has 0 saturated carbocycles. The third-order valence-corrected chi connectivity index (χ3v) is 15.1. The third kappa shape index (κ3) is 8.06. The first-order valence-electron chi connectivity index (χ1n) is 23.5. The highest BCUT2D eigenvalue weighted by molar-refractivity contribution is 6.75. The number of nitrogens with zero attached hydrogens (tertiary/aromatic N) is 1. The number of rotatable bonds is 6. The van der Waals surface area contributed by atoms with E-state index in [0.717, 1.165) is 4.90 Å². The van der Waals surface area contributed by atoms with Gasteiger partial charge in [-0.25, -0.2) is 0 Å². The van der Waals surface area contributed by atoms with Gasteiger partial charge in [0, 0.05) is 44.2 Å². The Kier molecular flexibility index (Phi) is 14.9. The molecule has 0 N–H and O–H groups in total. The van der Waals surface area contributed by atoms with Crippen LogP contribution < -0.4 is 169 Å². The van der Waals surface area contributed by atoms with Crippen LogP contribution in [0, 0.1) is 0 Å². The maximum absolute atomic E-state index is 7.39. The lowest BCUT2D eigenvalue weighted by molar-refractivity contribution is 0.669. The summed E-state index contributed by atoms with van der Waals surface area (Å²) in [6.45, 7) is 0. The van der Waals surface area contributed by atoms with Crippen molar-refractivity contribution < 1.29 is 8.83 Å². The predicted molar refractivity (Wildman–Crippen MR) is 374 cm³/mol. The minimum Gasteiger partial charge on any atom is -0.457 e. The minimum atomic E-state index is -0.394. The van der Waals surface area contributed by atoms with E-state index in [0.29, 0.717) is 0 Å². The zero-order chi connectivity index (χ0) is 59.8. The number of furan rings is 2. The first-order chi connectivity index (χ1) is 37.8. The van der Waals surface area contributed by atoms with Crippen LogP contribution in [0.4, 0.5) is 17.1 Å². The highest BCUT2D eigenvalue weighted by Crippen LogP contribution is 2.42. The summed E-state index contributed by atoms with van der Waals surface area (Å²) in [5.74, 6) is 0. The van der Waals surface area contributed by atoms with E-state index in [-0.39, 0.29) is 247 Å². The lowest BCUT2D eigenvalue weighted by Crippen LogP contribution is -2.57. The van der Waals surface area contributed by atoms with Crippen molar-refractivity contribution in [3.8, 4) is 33.4 Å². The number of hydrogen-bond acceptors (Lipinski definition) is 3. The van der Waals surface area contributed by atoms with Gasteiger partial charge in [-0.3, -0.25) is 0 Å². The number of fused-ring (bicyclic) bond motifs is 6. The average Bonchev–Trinajstić information content (AvgIpc) is 4.14. The zero-order valence-electron chi connectivity index (χ0n) is 42.7. The van der Waals surface area contributed by atoms with Crippen molar-refractivity contribution in [1.82, 2.24) is 0 Å². The fraction of sp³-hybridized carbons (Fsp3) is 0. The summed E-state index contributed by atoms with van der Waals surface area (Å²) in [5.41, 5.74) is -7.95. The van der Waals surface area contributed by atoms with E-state index < -0.39 is 10.9 Å². The van der Waals surface area contributed by atoms with Gasteiger partial charge in [-0.15, -0.1) is 60.1 Å². The van der Waals surface area contributed by atoms with Crippen LogP contribution in [0.1, 0.15) is 0 Å². The van der Waals surface area contributed by atoms with Gasteiger partial charge < -0.3 is 13.7 Å². The smallest absolute Gasteiger partial charge is 0.143 e. The van der Waals surface area contributed by atoms with Gasteiger partial charge in [0.2, 0.25) is 0 Å². The van der Waals surface area contributed by atoms with Gasteiger partial charge in [0.1, 0.15) is 258 Å². The second-order valence-electron chi connectivity index (χ2n) is 19.3. The molecule has 0 atom stereocenters. The van der Waals surface area contributed by atoms with Crippen LogP contribution in [0.25, 0.3) is 77.3 Å². The molecule has 0 spiro atoms. The van der Waals surface area contributed by atoms with Crippen molar-refractivity contribution in [2.24, 2.45) is 0 Å². The van der Waals surface area contributed by atoms with Crippen molar-refractivity contribution in [2.45, 2.75) is 0 Å². The highest BCUT2D eigenvalue weighted by atomic mass is 16.3. The first kappa shape index (κ1) is 59.3. The molecular weight excluding hydrogens is 947 g/mol. The molecule has 10 aromatic rings. The molecule has 300 valence electrons. The van der Waals surface area contributed by atoms with E-state index >= 15 is 0 Å². The van der Waals surface area contributed by atoms with E-state index in [1.807, 2.05) is 0 Å². The maximum atomic E-state index is 7.39. The van der Waals surface area contributed by atoms with Gasteiger partial charge in [-0.05, 0) is 38.7 Å². The van der Waals surface area contributed by atoms with Crippen molar-refractivity contribution in [1.29, 1.82) is 0 Å². The Labute approximate surface area is 509 Å². The Morgan fingerprint density at radius 1 is 0.198 bits per heavy atom. The molecule has 0 aliphatic carbocycles. The van der Waals surface area contributed by atoms with Gasteiger partial charge in [-0.2, -0.15) is 0 Å². The van der Waals surface area contributed by atoms with Crippen LogP contribution in [-0.2, 0) is 0 Å². The van der Waals surface area contributed by atoms with Gasteiger partial charge in [0.05, 0.1) is 0 Å². The van der Waals surface area contributed by atoms with E-state index in [2.05, 4.69) is 0 Å². The number of anilines is 3. The normalized spacial score (nSPS) is 11.7. The van der Waals surface area contributed by atoms with Crippen LogP contribution in [0.3, 0.4) is 0 Å². The molecule has 0 aliphatic rings. The second-order valence-corrected chi connectivity index (χ2v) is 19.3. The van der Waals surface area contributed by atoms with E-state index in [4.69, 9.17) is 244 Å². The SMILES string of the molecule is [B]c1cc(-c2c([B])c([B])c(N(c3c([B])c([B])c(-c4c([B])c([B])c([B])c([B])c4[B])c([B])c3[B])c3c([B])c([B])c4c(oc5c(-c6c([B])c([B])c([B])c([B])c6[B])c6c(oc7c([B])c([B])c([B])c([B])c76)c([B])c54)c3[B])c([B])c2[B])c([B])c([B])c1[B]. The summed E-state index contributed by atoms with van der Waals surface area (Å²) in [4.78, 5) is 1.15. The maximum Gasteiger partial charge on any atom is 0.143 e. The summed E-state index contributed by atoms with van der Waals surface area (Å²) in [6.07, 6.45) is 0. The van der Waals surface area contributed by atoms with Gasteiger partial charge in [0.25, 0.3) is 0 Å². The van der Waals surface area contributed by atoms with Crippen LogP contribution in [-0.4, -0.2) is 235 Å². The van der Waals surface area contributed by atoms with Crippen LogP contribution in [0.5, 0.6) is 0 Å². The molecule has 0 unspecified atom stereocenters. The van der Waals surface area contributed by atoms with E-state index in [1.165, 1.54) is 6.07 Å². The Morgan fingerprint density at radius 2 is 0.469 bits per heavy atom. The standard InChI is InChI=1S/C48HB30NO2/c49-3-1-2(13(50)26(63)14(3)51)4-15(52)35(72)42(36(73)16(4)53)79(43-37(74)21(58)9(22(59)38(43)75)8-19(56)29(66)33(70)30(67)20(8)57)44-39(76)24(61)11-12-25(62)46-6(10-23(60)31(68)34(71)40(77)47(10)81-46)5(45(12)80-48(11)41(44)78)7-17(54)27(64)32(69)28(65)18(7)55/h1H. The summed E-state index contributed by atoms with van der Waals surface area (Å²) in [5, 5.41) is 0.124. The lowest BCUT2D eigenvalue weighted by Gasteiger charge is -2.39. The summed E-state index contributed by atoms with van der Waals surface area (Å²) < 4.78 is 13.3. The Balaban J connectivity index is 1.42. The highest BCUT2D eigenvalue weighted by Gasteiger charge is 2.34. The molecule has 0 saturated heterocycles. The minimum absolute atomic E-state index is 0.00277. The fourth-order valence-corrected chi connectivity index (χ4v) is 10.6. The molecule has 8 aromatic carbocycles. The van der Waals surface area contributed by atoms with Crippen molar-refractivity contribution in [2.75, 3.05) is 4.90 Å². The molecule has 10 rings (SSSR count). The van der Waals surface area contributed by atoms with Crippen LogP contribution in [0.2, 0.25) is 0 Å². The summed E-state index contributed by atoms with van der Waals surface area (Å²) >= 11 is 0. The quantitative estimate of drug-likeness (QED) is 0.156. The molecule has 0 bridgehead atoms. The fourth-order valence-electron chi connectivity index (χ4n) is 10.6. The van der Waals surface area contributed by atoms with Gasteiger partial charge >= 0.3 is 0 Å². The molecule has 2 heterocycles. The van der Waals surface area contributed by atoms with Crippen LogP contribution >= 0.6 is 0 Å².